The Labute approximate surface area is 166 Å². The van der Waals surface area contributed by atoms with Crippen molar-refractivity contribution in [1.82, 2.24) is 4.57 Å². The summed E-state index contributed by atoms with van der Waals surface area (Å²) in [5, 5.41) is 5.67. The van der Waals surface area contributed by atoms with Crippen LogP contribution in [-0.4, -0.2) is 23.1 Å². The molecule has 0 fully saturated rings. The predicted octanol–water partition coefficient (Wildman–Crippen LogP) is 5.09. The number of carbonyl (C=O) groups is 2. The van der Waals surface area contributed by atoms with Crippen molar-refractivity contribution < 1.29 is 14.3 Å². The molecule has 0 spiro atoms. The number of nitrogens with zero attached hydrogens (tertiary/aromatic N) is 1. The van der Waals surface area contributed by atoms with Crippen LogP contribution < -0.4 is 5.32 Å². The van der Waals surface area contributed by atoms with E-state index in [0.29, 0.717) is 29.4 Å². The molecule has 0 aromatic carbocycles. The molecule has 0 saturated heterocycles. The van der Waals surface area contributed by atoms with Gasteiger partial charge in [0.05, 0.1) is 22.4 Å². The number of fused-ring (bicyclic) bond motifs is 2. The lowest BCUT2D eigenvalue weighted by Gasteiger charge is -2.12. The van der Waals surface area contributed by atoms with Crippen molar-refractivity contribution in [3.63, 3.8) is 0 Å². The van der Waals surface area contributed by atoms with Crippen molar-refractivity contribution in [2.75, 3.05) is 11.9 Å². The fraction of sp³-hybridized carbons (Fsp3) is 0.400. The van der Waals surface area contributed by atoms with Crippen LogP contribution in [0.3, 0.4) is 0 Å². The van der Waals surface area contributed by atoms with Gasteiger partial charge in [-0.1, -0.05) is 0 Å². The Morgan fingerprint density at radius 1 is 1.26 bits per heavy atom. The first-order valence-electron chi connectivity index (χ1n) is 9.33. The largest absolute Gasteiger partial charge is 0.462 e. The van der Waals surface area contributed by atoms with E-state index in [0.717, 1.165) is 41.5 Å². The van der Waals surface area contributed by atoms with Crippen LogP contribution in [0.15, 0.2) is 17.5 Å². The highest BCUT2D eigenvalue weighted by molar-refractivity contribution is 7.17. The van der Waals surface area contributed by atoms with Crippen molar-refractivity contribution in [2.24, 2.45) is 0 Å². The summed E-state index contributed by atoms with van der Waals surface area (Å²) in [4.78, 5) is 26.8. The van der Waals surface area contributed by atoms with Crippen LogP contribution in [0.5, 0.6) is 0 Å². The fourth-order valence-corrected chi connectivity index (χ4v) is 5.84. The standard InChI is InChI=1S/C20H22N2O3S2/c1-3-22-13-9-10-26-16(13)11-14(22)18(23)21-19-17(20(24)25-4-2)12-7-5-6-8-15(12)27-19/h9-11H,3-8H2,1-2H3,(H,21,23). The van der Waals surface area contributed by atoms with E-state index in [2.05, 4.69) is 5.32 Å². The number of nitrogens with one attached hydrogen (secondary N) is 1. The zero-order valence-corrected chi connectivity index (χ0v) is 17.1. The maximum absolute atomic E-state index is 13.0. The van der Waals surface area contributed by atoms with Crippen LogP contribution in [0.2, 0.25) is 0 Å². The van der Waals surface area contributed by atoms with Gasteiger partial charge >= 0.3 is 5.97 Å². The quantitative estimate of drug-likeness (QED) is 0.605. The number of amides is 1. The molecule has 0 unspecified atom stereocenters. The number of thiophene rings is 2. The molecule has 5 nitrogen and oxygen atoms in total. The molecular weight excluding hydrogens is 380 g/mol. The molecule has 0 radical (unpaired) electrons. The van der Waals surface area contributed by atoms with Crippen LogP contribution in [0, 0.1) is 0 Å². The Kier molecular flexibility index (Phi) is 5.06. The number of hydrogen-bond acceptors (Lipinski definition) is 5. The number of aromatic nitrogens is 1. The van der Waals surface area contributed by atoms with E-state index in [1.54, 1.807) is 18.3 Å². The zero-order chi connectivity index (χ0) is 19.0. The smallest absolute Gasteiger partial charge is 0.341 e. The topological polar surface area (TPSA) is 60.3 Å². The highest BCUT2D eigenvalue weighted by atomic mass is 32.1. The number of carbonyl (C=O) groups excluding carboxylic acids is 2. The Morgan fingerprint density at radius 3 is 2.85 bits per heavy atom. The maximum Gasteiger partial charge on any atom is 0.341 e. The molecule has 1 amide bonds. The van der Waals surface area contributed by atoms with Crippen LogP contribution in [0.4, 0.5) is 5.00 Å². The molecule has 4 rings (SSSR count). The first-order valence-corrected chi connectivity index (χ1v) is 11.0. The average Bonchev–Trinajstić information content (AvgIpc) is 3.33. The molecule has 0 bridgehead atoms. The molecular formula is C20H22N2O3S2. The minimum Gasteiger partial charge on any atom is -0.462 e. The van der Waals surface area contributed by atoms with Crippen LogP contribution >= 0.6 is 22.7 Å². The Bertz CT molecular complexity index is 1010. The van der Waals surface area contributed by atoms with Gasteiger partial charge in [-0.3, -0.25) is 4.79 Å². The number of anilines is 1. The van der Waals surface area contributed by atoms with Gasteiger partial charge in [0, 0.05) is 11.4 Å². The van der Waals surface area contributed by atoms with Crippen molar-refractivity contribution in [3.8, 4) is 0 Å². The number of rotatable bonds is 5. The second-order valence-corrected chi connectivity index (χ2v) is 8.59. The van der Waals surface area contributed by atoms with E-state index in [1.165, 1.54) is 16.2 Å². The first kappa shape index (κ1) is 18.3. The fourth-order valence-electron chi connectivity index (χ4n) is 3.75. The summed E-state index contributed by atoms with van der Waals surface area (Å²) in [5.41, 5.74) is 3.32. The molecule has 142 valence electrons. The summed E-state index contributed by atoms with van der Waals surface area (Å²) in [5.74, 6) is -0.511. The molecule has 3 aromatic heterocycles. The number of esters is 1. The monoisotopic (exact) mass is 402 g/mol. The molecule has 1 aliphatic carbocycles. The van der Waals surface area contributed by atoms with E-state index in [9.17, 15) is 9.59 Å². The molecule has 7 heteroatoms. The second-order valence-electron chi connectivity index (χ2n) is 6.53. The van der Waals surface area contributed by atoms with E-state index in [1.807, 2.05) is 29.0 Å². The highest BCUT2D eigenvalue weighted by Crippen LogP contribution is 2.39. The number of hydrogen-bond donors (Lipinski definition) is 1. The third-order valence-corrected chi connectivity index (χ3v) is 7.01. The summed E-state index contributed by atoms with van der Waals surface area (Å²) >= 11 is 3.15. The zero-order valence-electron chi connectivity index (χ0n) is 15.5. The van der Waals surface area contributed by atoms with Gasteiger partial charge < -0.3 is 14.6 Å². The Hall–Kier alpha value is -2.12. The van der Waals surface area contributed by atoms with E-state index >= 15 is 0 Å². The van der Waals surface area contributed by atoms with E-state index in [4.69, 9.17) is 4.74 Å². The number of aryl methyl sites for hydroxylation is 2. The lowest BCUT2D eigenvalue weighted by atomic mass is 9.95. The maximum atomic E-state index is 13.0. The van der Waals surface area contributed by atoms with Gasteiger partial charge in [-0.25, -0.2) is 4.79 Å². The molecule has 3 heterocycles. The third-order valence-electron chi connectivity index (χ3n) is 4.95. The van der Waals surface area contributed by atoms with Gasteiger partial charge in [0.1, 0.15) is 10.7 Å². The third kappa shape index (κ3) is 3.19. The van der Waals surface area contributed by atoms with Crippen LogP contribution in [0.25, 0.3) is 10.2 Å². The predicted molar refractivity (Wildman–Crippen MR) is 110 cm³/mol. The van der Waals surface area contributed by atoms with Gasteiger partial charge in [0.2, 0.25) is 0 Å². The molecule has 0 saturated carbocycles. The Balaban J connectivity index is 1.71. The molecule has 1 N–H and O–H groups in total. The lowest BCUT2D eigenvalue weighted by Crippen LogP contribution is -2.18. The van der Waals surface area contributed by atoms with Gasteiger partial charge in [-0.15, -0.1) is 22.7 Å². The molecule has 0 atom stereocenters. The lowest BCUT2D eigenvalue weighted by molar-refractivity contribution is 0.0526. The van der Waals surface area contributed by atoms with Crippen molar-refractivity contribution >= 4 is 49.8 Å². The van der Waals surface area contributed by atoms with Crippen LogP contribution in [0.1, 0.15) is 58.0 Å². The molecule has 3 aromatic rings. The van der Waals surface area contributed by atoms with E-state index in [-0.39, 0.29) is 11.9 Å². The first-order chi connectivity index (χ1) is 13.1. The summed E-state index contributed by atoms with van der Waals surface area (Å²) in [6, 6.07) is 3.96. The Morgan fingerprint density at radius 2 is 2.07 bits per heavy atom. The van der Waals surface area contributed by atoms with Crippen molar-refractivity contribution in [2.45, 2.75) is 46.1 Å². The van der Waals surface area contributed by atoms with E-state index < -0.39 is 0 Å². The minimum atomic E-state index is -0.334. The average molecular weight is 403 g/mol. The summed E-state index contributed by atoms with van der Waals surface area (Å²) in [6.45, 7) is 4.87. The minimum absolute atomic E-state index is 0.176. The van der Waals surface area contributed by atoms with Crippen molar-refractivity contribution in [3.05, 3.63) is 39.2 Å². The SMILES string of the molecule is CCOC(=O)c1c(NC(=O)c2cc3sccc3n2CC)sc2c1CCCC2. The molecule has 27 heavy (non-hydrogen) atoms. The van der Waals surface area contributed by atoms with Crippen LogP contribution in [-0.2, 0) is 24.1 Å². The van der Waals surface area contributed by atoms with Gasteiger partial charge in [0.25, 0.3) is 5.91 Å². The van der Waals surface area contributed by atoms with Gasteiger partial charge in [0.15, 0.2) is 0 Å². The second kappa shape index (κ2) is 7.48. The van der Waals surface area contributed by atoms with Gasteiger partial charge in [-0.2, -0.15) is 0 Å². The summed E-state index contributed by atoms with van der Waals surface area (Å²) in [7, 11) is 0. The summed E-state index contributed by atoms with van der Waals surface area (Å²) in [6.07, 6.45) is 4.02. The highest BCUT2D eigenvalue weighted by Gasteiger charge is 2.28. The molecule has 0 aliphatic heterocycles. The molecule has 1 aliphatic rings. The normalized spacial score (nSPS) is 13.6. The van der Waals surface area contributed by atoms with Crippen molar-refractivity contribution in [1.29, 1.82) is 0 Å². The van der Waals surface area contributed by atoms with Gasteiger partial charge in [-0.05, 0) is 62.6 Å². The summed E-state index contributed by atoms with van der Waals surface area (Å²) < 4.78 is 8.38. The number of ether oxygens (including phenoxy) is 1.